The highest BCUT2D eigenvalue weighted by molar-refractivity contribution is 5.83. The van der Waals surface area contributed by atoms with Crippen molar-refractivity contribution in [3.8, 4) is 0 Å². The molecule has 0 aromatic rings. The molecule has 1 unspecified atom stereocenters. The lowest BCUT2D eigenvalue weighted by molar-refractivity contribution is -0.134. The average molecular weight is 280 g/mol. The molecule has 0 radical (unpaired) electrons. The zero-order chi connectivity index (χ0) is 14.4. The number of piperidine rings is 1. The molecule has 2 rings (SSSR count). The summed E-state index contributed by atoms with van der Waals surface area (Å²) in [6, 6.07) is 0.353. The van der Waals surface area contributed by atoms with E-state index in [-0.39, 0.29) is 5.41 Å². The van der Waals surface area contributed by atoms with Crippen LogP contribution in [0.15, 0.2) is 0 Å². The van der Waals surface area contributed by atoms with Gasteiger partial charge in [-0.2, -0.15) is 0 Å². The number of rotatable bonds is 5. The van der Waals surface area contributed by atoms with Crippen molar-refractivity contribution in [1.29, 1.82) is 0 Å². The molecule has 1 aliphatic heterocycles. The van der Waals surface area contributed by atoms with E-state index in [2.05, 4.69) is 24.5 Å². The Morgan fingerprint density at radius 2 is 1.90 bits per heavy atom. The Bertz CT molecular complexity index is 299. The summed E-state index contributed by atoms with van der Waals surface area (Å²) in [5.74, 6) is 1.03. The summed E-state index contributed by atoms with van der Waals surface area (Å²) in [6.45, 7) is 6.40. The van der Waals surface area contributed by atoms with Gasteiger partial charge in [0.1, 0.15) is 0 Å². The Labute approximate surface area is 124 Å². The number of carbonyl (C=O) groups excluding carboxylic acids is 1. The number of amides is 1. The van der Waals surface area contributed by atoms with Crippen molar-refractivity contribution in [2.75, 3.05) is 13.1 Å². The second-order valence-corrected chi connectivity index (χ2v) is 6.94. The first kappa shape index (κ1) is 15.8. The third kappa shape index (κ3) is 3.75. The van der Waals surface area contributed by atoms with Crippen LogP contribution in [-0.4, -0.2) is 25.0 Å². The molecule has 1 heterocycles. The molecule has 3 heteroatoms. The van der Waals surface area contributed by atoms with Crippen molar-refractivity contribution < 1.29 is 4.79 Å². The van der Waals surface area contributed by atoms with Crippen LogP contribution in [-0.2, 0) is 4.79 Å². The third-order valence-electron chi connectivity index (χ3n) is 5.49. The summed E-state index contributed by atoms with van der Waals surface area (Å²) in [5, 5.41) is 6.77. The van der Waals surface area contributed by atoms with Crippen LogP contribution in [0.2, 0.25) is 0 Å². The molecule has 1 atom stereocenters. The highest BCUT2D eigenvalue weighted by Gasteiger charge is 2.39. The normalized spacial score (nSPS) is 25.1. The van der Waals surface area contributed by atoms with E-state index in [1.165, 1.54) is 32.1 Å². The van der Waals surface area contributed by atoms with E-state index in [1.54, 1.807) is 0 Å². The first-order valence-corrected chi connectivity index (χ1v) is 8.69. The van der Waals surface area contributed by atoms with E-state index in [9.17, 15) is 4.79 Å². The number of nitrogens with one attached hydrogen (secondary N) is 2. The van der Waals surface area contributed by atoms with Gasteiger partial charge in [-0.1, -0.05) is 32.6 Å². The van der Waals surface area contributed by atoms with E-state index in [0.29, 0.717) is 17.9 Å². The third-order valence-corrected chi connectivity index (χ3v) is 5.49. The van der Waals surface area contributed by atoms with Crippen molar-refractivity contribution in [3.63, 3.8) is 0 Å². The zero-order valence-corrected chi connectivity index (χ0v) is 13.3. The monoisotopic (exact) mass is 280 g/mol. The van der Waals surface area contributed by atoms with Gasteiger partial charge in [0.25, 0.3) is 0 Å². The van der Waals surface area contributed by atoms with Gasteiger partial charge >= 0.3 is 0 Å². The van der Waals surface area contributed by atoms with Crippen LogP contribution in [0.5, 0.6) is 0 Å². The lowest BCUT2D eigenvalue weighted by Crippen LogP contribution is -2.51. The van der Waals surface area contributed by atoms with Crippen molar-refractivity contribution in [2.24, 2.45) is 11.3 Å². The number of hydrogen-bond donors (Lipinski definition) is 2. The molecule has 0 aromatic carbocycles. The fourth-order valence-corrected chi connectivity index (χ4v) is 4.09. The largest absolute Gasteiger partial charge is 0.353 e. The molecule has 0 spiro atoms. The average Bonchev–Trinajstić information content (AvgIpc) is 2.49. The van der Waals surface area contributed by atoms with Crippen LogP contribution in [0, 0.1) is 11.3 Å². The lowest BCUT2D eigenvalue weighted by atomic mass is 9.74. The first-order valence-electron chi connectivity index (χ1n) is 8.69. The van der Waals surface area contributed by atoms with Crippen molar-refractivity contribution in [3.05, 3.63) is 0 Å². The van der Waals surface area contributed by atoms with Crippen LogP contribution in [0.25, 0.3) is 0 Å². The molecule has 1 aliphatic carbocycles. The quantitative estimate of drug-likeness (QED) is 0.811. The molecule has 2 aliphatic rings. The van der Waals surface area contributed by atoms with Crippen LogP contribution >= 0.6 is 0 Å². The predicted molar refractivity (Wildman–Crippen MR) is 83.6 cm³/mol. The Kier molecular flexibility index (Phi) is 5.88. The molecule has 1 saturated carbocycles. The summed E-state index contributed by atoms with van der Waals surface area (Å²) in [4.78, 5) is 12.8. The molecule has 2 fully saturated rings. The van der Waals surface area contributed by atoms with Gasteiger partial charge in [-0.15, -0.1) is 0 Å². The Morgan fingerprint density at radius 1 is 1.25 bits per heavy atom. The van der Waals surface area contributed by atoms with Gasteiger partial charge in [-0.3, -0.25) is 4.79 Å². The van der Waals surface area contributed by atoms with Crippen LogP contribution in [0.4, 0.5) is 0 Å². The molecule has 20 heavy (non-hydrogen) atoms. The van der Waals surface area contributed by atoms with Crippen molar-refractivity contribution in [1.82, 2.24) is 10.6 Å². The van der Waals surface area contributed by atoms with Gasteiger partial charge in [-0.25, -0.2) is 0 Å². The van der Waals surface area contributed by atoms with Gasteiger partial charge in [0.2, 0.25) is 5.91 Å². The van der Waals surface area contributed by atoms with Gasteiger partial charge in [-0.05, 0) is 58.0 Å². The van der Waals surface area contributed by atoms with Crippen molar-refractivity contribution in [2.45, 2.75) is 77.7 Å². The Balaban J connectivity index is 1.93. The minimum Gasteiger partial charge on any atom is -0.353 e. The second-order valence-electron chi connectivity index (χ2n) is 6.94. The highest BCUT2D eigenvalue weighted by Crippen LogP contribution is 2.35. The summed E-state index contributed by atoms with van der Waals surface area (Å²) in [6.07, 6.45) is 10.8. The van der Waals surface area contributed by atoms with E-state index in [0.717, 1.165) is 38.8 Å². The molecule has 2 N–H and O–H groups in total. The van der Waals surface area contributed by atoms with Gasteiger partial charge in [0, 0.05) is 6.04 Å². The molecule has 1 amide bonds. The van der Waals surface area contributed by atoms with Gasteiger partial charge in [0.05, 0.1) is 5.41 Å². The SMILES string of the molecule is CCCC1(C(=O)NC(C)C2CCCCC2)CCNCC1. The summed E-state index contributed by atoms with van der Waals surface area (Å²) < 4.78 is 0. The predicted octanol–water partition coefficient (Wildman–Crippen LogP) is 3.24. The van der Waals surface area contributed by atoms with Crippen LogP contribution in [0.3, 0.4) is 0 Å². The van der Waals surface area contributed by atoms with Gasteiger partial charge in [0.15, 0.2) is 0 Å². The molecular formula is C17H32N2O. The van der Waals surface area contributed by atoms with E-state index >= 15 is 0 Å². The minimum atomic E-state index is -0.0943. The molecule has 1 saturated heterocycles. The standard InChI is InChI=1S/C17H32N2O/c1-3-9-17(10-12-18-13-11-17)16(20)19-14(2)15-7-5-4-6-8-15/h14-15,18H,3-13H2,1-2H3,(H,19,20). The molecule has 116 valence electrons. The van der Waals surface area contributed by atoms with Crippen molar-refractivity contribution >= 4 is 5.91 Å². The summed E-state index contributed by atoms with van der Waals surface area (Å²) >= 11 is 0. The number of hydrogen-bond acceptors (Lipinski definition) is 2. The molecule has 0 bridgehead atoms. The molecule has 0 aromatic heterocycles. The topological polar surface area (TPSA) is 41.1 Å². The molecular weight excluding hydrogens is 248 g/mol. The smallest absolute Gasteiger partial charge is 0.226 e. The fraction of sp³-hybridized carbons (Fsp3) is 0.941. The van der Waals surface area contributed by atoms with E-state index in [1.807, 2.05) is 0 Å². The first-order chi connectivity index (χ1) is 9.68. The van der Waals surface area contributed by atoms with Crippen LogP contribution < -0.4 is 10.6 Å². The Hall–Kier alpha value is -0.570. The van der Waals surface area contributed by atoms with Gasteiger partial charge < -0.3 is 10.6 Å². The zero-order valence-electron chi connectivity index (χ0n) is 13.3. The van der Waals surface area contributed by atoms with E-state index in [4.69, 9.17) is 0 Å². The fourth-order valence-electron chi connectivity index (χ4n) is 4.09. The maximum atomic E-state index is 12.8. The summed E-state index contributed by atoms with van der Waals surface area (Å²) in [7, 11) is 0. The van der Waals surface area contributed by atoms with Crippen LogP contribution in [0.1, 0.15) is 71.6 Å². The maximum Gasteiger partial charge on any atom is 0.226 e. The Morgan fingerprint density at radius 3 is 2.50 bits per heavy atom. The number of carbonyl (C=O) groups is 1. The minimum absolute atomic E-state index is 0.0943. The molecule has 3 nitrogen and oxygen atoms in total. The summed E-state index contributed by atoms with van der Waals surface area (Å²) in [5.41, 5.74) is -0.0943. The second kappa shape index (κ2) is 7.44. The maximum absolute atomic E-state index is 12.8. The highest BCUT2D eigenvalue weighted by atomic mass is 16.2. The van der Waals surface area contributed by atoms with E-state index < -0.39 is 0 Å². The lowest BCUT2D eigenvalue weighted by Gasteiger charge is -2.38.